The predicted molar refractivity (Wildman–Crippen MR) is 106 cm³/mol. The molecule has 4 rings (SSSR count). The molecule has 0 bridgehead atoms. The van der Waals surface area contributed by atoms with Crippen molar-refractivity contribution in [2.45, 2.75) is 0 Å². The molecule has 4 aromatic rings. The van der Waals surface area contributed by atoms with Gasteiger partial charge in [-0.05, 0) is 42.0 Å². The number of hydrogen-bond donors (Lipinski definition) is 3. The van der Waals surface area contributed by atoms with E-state index in [1.165, 1.54) is 12.1 Å². The molecule has 2 heterocycles. The summed E-state index contributed by atoms with van der Waals surface area (Å²) in [5, 5.41) is 3.94. The zero-order valence-corrected chi connectivity index (χ0v) is 14.9. The third kappa shape index (κ3) is 3.43. The Bertz CT molecular complexity index is 1300. The van der Waals surface area contributed by atoms with E-state index < -0.39 is 23.1 Å². The number of carbonyl (C=O) groups is 1. The molecule has 0 aliphatic heterocycles. The summed E-state index contributed by atoms with van der Waals surface area (Å²) in [6.07, 6.45) is 1.56. The van der Waals surface area contributed by atoms with Gasteiger partial charge in [0.05, 0.1) is 5.69 Å². The van der Waals surface area contributed by atoms with Crippen LogP contribution in [0.25, 0.3) is 22.2 Å². The van der Waals surface area contributed by atoms with Gasteiger partial charge in [-0.25, -0.2) is 13.8 Å². The molecule has 0 spiro atoms. The Labute approximate surface area is 163 Å². The number of fused-ring (bicyclic) bond motifs is 1. The normalized spacial score (nSPS) is 10.8. The second-order valence-corrected chi connectivity index (χ2v) is 6.29. The fourth-order valence-corrected chi connectivity index (χ4v) is 3.06. The molecule has 0 aliphatic rings. The van der Waals surface area contributed by atoms with Crippen molar-refractivity contribution in [1.29, 1.82) is 0 Å². The summed E-state index contributed by atoms with van der Waals surface area (Å²) in [4.78, 5) is 29.5. The van der Waals surface area contributed by atoms with Gasteiger partial charge in [-0.3, -0.25) is 9.59 Å². The molecule has 6 nitrogen and oxygen atoms in total. The van der Waals surface area contributed by atoms with Crippen LogP contribution in [-0.4, -0.2) is 15.9 Å². The van der Waals surface area contributed by atoms with Gasteiger partial charge in [0.25, 0.3) is 5.91 Å². The van der Waals surface area contributed by atoms with Gasteiger partial charge >= 0.3 is 0 Å². The van der Waals surface area contributed by atoms with Gasteiger partial charge in [-0.1, -0.05) is 12.1 Å². The molecular weight excluding hydrogens is 378 g/mol. The number of pyridine rings is 2. The molecule has 1 amide bonds. The molecule has 0 saturated heterocycles. The van der Waals surface area contributed by atoms with Crippen molar-refractivity contribution in [3.05, 3.63) is 88.3 Å². The molecule has 144 valence electrons. The summed E-state index contributed by atoms with van der Waals surface area (Å²) < 4.78 is 28.2. The van der Waals surface area contributed by atoms with E-state index in [4.69, 9.17) is 5.73 Å². The fraction of sp³-hybridized carbons (Fsp3) is 0. The summed E-state index contributed by atoms with van der Waals surface area (Å²) in [6, 6.07) is 13.8. The average Bonchev–Trinajstić information content (AvgIpc) is 2.68. The number of anilines is 2. The molecular formula is C21H14F2N4O2. The Morgan fingerprint density at radius 1 is 1.00 bits per heavy atom. The number of nitrogens with zero attached hydrogens (tertiary/aromatic N) is 1. The molecule has 0 atom stereocenters. The van der Waals surface area contributed by atoms with Crippen molar-refractivity contribution in [2.75, 3.05) is 5.32 Å². The van der Waals surface area contributed by atoms with Crippen molar-refractivity contribution < 1.29 is 13.6 Å². The quantitative estimate of drug-likeness (QED) is 0.493. The number of amides is 1. The third-order valence-corrected chi connectivity index (χ3v) is 4.45. The minimum Gasteiger partial charge on any atom is -0.365 e. The van der Waals surface area contributed by atoms with Crippen LogP contribution in [0.2, 0.25) is 0 Å². The molecule has 0 unspecified atom stereocenters. The Hall–Kier alpha value is -4.07. The lowest BCUT2D eigenvalue weighted by Crippen LogP contribution is -2.16. The number of benzene rings is 2. The Balaban J connectivity index is 1.67. The van der Waals surface area contributed by atoms with E-state index in [2.05, 4.69) is 15.3 Å². The highest BCUT2D eigenvalue weighted by Crippen LogP contribution is 2.29. The average molecular weight is 392 g/mol. The van der Waals surface area contributed by atoms with Crippen LogP contribution in [-0.2, 0) is 0 Å². The number of carbonyl (C=O) groups excluding carboxylic acids is 1. The lowest BCUT2D eigenvalue weighted by atomic mass is 10.0. The van der Waals surface area contributed by atoms with E-state index in [-0.39, 0.29) is 11.1 Å². The number of aromatic amines is 1. The lowest BCUT2D eigenvalue weighted by molar-refractivity contribution is 0.0992. The van der Waals surface area contributed by atoms with Crippen molar-refractivity contribution in [2.24, 2.45) is 5.73 Å². The van der Waals surface area contributed by atoms with Gasteiger partial charge in [0.1, 0.15) is 22.8 Å². The first-order valence-electron chi connectivity index (χ1n) is 8.57. The van der Waals surface area contributed by atoms with Crippen LogP contribution in [0, 0.1) is 11.6 Å². The minimum atomic E-state index is -1.16. The van der Waals surface area contributed by atoms with Gasteiger partial charge in [0.2, 0.25) is 5.56 Å². The number of hydrogen-bond acceptors (Lipinski definition) is 4. The first-order chi connectivity index (χ1) is 13.9. The number of primary amides is 1. The number of halogens is 2. The maximum atomic E-state index is 14.5. The zero-order chi connectivity index (χ0) is 20.5. The standard InChI is InChI=1S/C21H14F2N4O2/c22-15-7-5-13(19(23)18(15)20(24)29)11-1-3-12(4-2-11)26-16-9-10-25-21-14(16)6-8-17(28)27-21/h1-10H,(H2,24,29)(H2,25,26,27,28). The molecule has 0 radical (unpaired) electrons. The highest BCUT2D eigenvalue weighted by molar-refractivity contribution is 5.95. The molecule has 2 aromatic carbocycles. The summed E-state index contributed by atoms with van der Waals surface area (Å²) in [5.74, 6) is -3.16. The molecule has 8 heteroatoms. The minimum absolute atomic E-state index is 0.0682. The van der Waals surface area contributed by atoms with Crippen molar-refractivity contribution >= 4 is 28.3 Å². The summed E-state index contributed by atoms with van der Waals surface area (Å²) >= 11 is 0. The molecule has 2 aromatic heterocycles. The maximum Gasteiger partial charge on any atom is 0.254 e. The van der Waals surface area contributed by atoms with E-state index in [0.717, 1.165) is 17.1 Å². The van der Waals surface area contributed by atoms with Crippen LogP contribution in [0.5, 0.6) is 0 Å². The van der Waals surface area contributed by atoms with Crippen LogP contribution < -0.4 is 16.6 Å². The molecule has 29 heavy (non-hydrogen) atoms. The third-order valence-electron chi connectivity index (χ3n) is 4.45. The maximum absolute atomic E-state index is 14.5. The van der Waals surface area contributed by atoms with E-state index in [0.29, 0.717) is 16.9 Å². The summed E-state index contributed by atoms with van der Waals surface area (Å²) in [5.41, 5.74) is 6.46. The Morgan fingerprint density at radius 3 is 2.48 bits per heavy atom. The van der Waals surface area contributed by atoms with Crippen LogP contribution in [0.4, 0.5) is 20.2 Å². The SMILES string of the molecule is NC(=O)c1c(F)ccc(-c2ccc(Nc3ccnc4[nH]c(=O)ccc34)cc2)c1F. The van der Waals surface area contributed by atoms with E-state index >= 15 is 0 Å². The van der Waals surface area contributed by atoms with Crippen molar-refractivity contribution in [3.8, 4) is 11.1 Å². The molecule has 0 fully saturated rings. The number of aromatic nitrogens is 2. The van der Waals surface area contributed by atoms with Crippen LogP contribution in [0.15, 0.2) is 65.6 Å². The first-order valence-corrected chi connectivity index (χ1v) is 8.57. The molecule has 4 N–H and O–H groups in total. The van der Waals surface area contributed by atoms with Crippen LogP contribution >= 0.6 is 0 Å². The lowest BCUT2D eigenvalue weighted by Gasteiger charge is -2.11. The monoisotopic (exact) mass is 392 g/mol. The highest BCUT2D eigenvalue weighted by Gasteiger charge is 2.19. The van der Waals surface area contributed by atoms with Crippen LogP contribution in [0.3, 0.4) is 0 Å². The zero-order valence-electron chi connectivity index (χ0n) is 14.9. The fourth-order valence-electron chi connectivity index (χ4n) is 3.06. The van der Waals surface area contributed by atoms with Gasteiger partial charge in [0, 0.05) is 28.9 Å². The van der Waals surface area contributed by atoms with Gasteiger partial charge in [-0.2, -0.15) is 0 Å². The van der Waals surface area contributed by atoms with Gasteiger partial charge in [0.15, 0.2) is 0 Å². The van der Waals surface area contributed by atoms with E-state index in [9.17, 15) is 18.4 Å². The molecule has 0 saturated carbocycles. The Morgan fingerprint density at radius 2 is 1.76 bits per heavy atom. The first kappa shape index (κ1) is 18.3. The van der Waals surface area contributed by atoms with Gasteiger partial charge < -0.3 is 16.0 Å². The summed E-state index contributed by atoms with van der Waals surface area (Å²) in [7, 11) is 0. The van der Waals surface area contributed by atoms with Crippen molar-refractivity contribution in [3.63, 3.8) is 0 Å². The summed E-state index contributed by atoms with van der Waals surface area (Å²) in [6.45, 7) is 0. The van der Waals surface area contributed by atoms with Crippen LogP contribution in [0.1, 0.15) is 10.4 Å². The van der Waals surface area contributed by atoms with E-state index in [1.54, 1.807) is 42.6 Å². The smallest absolute Gasteiger partial charge is 0.254 e. The Kier molecular flexibility index (Phi) is 4.52. The molecule has 0 aliphatic carbocycles. The number of nitrogens with two attached hydrogens (primary N) is 1. The largest absolute Gasteiger partial charge is 0.365 e. The predicted octanol–water partition coefficient (Wildman–Crippen LogP) is 3.71. The second kappa shape index (κ2) is 7.16. The topological polar surface area (TPSA) is 101 Å². The number of nitrogens with one attached hydrogen (secondary N) is 2. The van der Waals surface area contributed by atoms with Gasteiger partial charge in [-0.15, -0.1) is 0 Å². The number of rotatable bonds is 4. The van der Waals surface area contributed by atoms with Crippen molar-refractivity contribution in [1.82, 2.24) is 9.97 Å². The highest BCUT2D eigenvalue weighted by atomic mass is 19.1. The number of H-pyrrole nitrogens is 1. The van der Waals surface area contributed by atoms with E-state index in [1.807, 2.05) is 0 Å². The second-order valence-electron chi connectivity index (χ2n) is 6.29.